The molecule has 1 N–H and O–H groups in total. The van der Waals surface area contributed by atoms with Crippen LogP contribution in [0, 0.1) is 0 Å². The van der Waals surface area contributed by atoms with Crippen LogP contribution in [0.15, 0.2) is 91.0 Å². The third-order valence-corrected chi connectivity index (χ3v) is 3.77. The molecule has 0 saturated carbocycles. The van der Waals surface area contributed by atoms with Gasteiger partial charge in [-0.15, -0.1) is 0 Å². The number of fused-ring (bicyclic) bond motifs is 2. The van der Waals surface area contributed by atoms with Crippen LogP contribution in [0.4, 0.5) is 5.69 Å². The Hall–Kier alpha value is -2.80. The molecule has 0 aliphatic heterocycles. The molecule has 23 heavy (non-hydrogen) atoms. The van der Waals surface area contributed by atoms with Gasteiger partial charge in [-0.3, -0.25) is 0 Å². The molecule has 0 unspecified atom stereocenters. The maximum atomic E-state index is 3.21. The fourth-order valence-corrected chi connectivity index (χ4v) is 2.64. The normalized spacial score (nSPS) is 10.1. The summed E-state index contributed by atoms with van der Waals surface area (Å²) in [6.07, 6.45) is 0. The van der Waals surface area contributed by atoms with Gasteiger partial charge in [-0.1, -0.05) is 66.7 Å². The number of anilines is 1. The van der Waals surface area contributed by atoms with E-state index in [4.69, 9.17) is 0 Å². The van der Waals surface area contributed by atoms with Crippen molar-refractivity contribution < 1.29 is 0 Å². The predicted molar refractivity (Wildman–Crippen MR) is 102 cm³/mol. The van der Waals surface area contributed by atoms with Crippen molar-refractivity contribution in [3.05, 3.63) is 91.0 Å². The van der Waals surface area contributed by atoms with E-state index in [1.807, 2.05) is 18.2 Å². The van der Waals surface area contributed by atoms with Crippen LogP contribution in [0.3, 0.4) is 0 Å². The van der Waals surface area contributed by atoms with Crippen molar-refractivity contribution in [1.82, 2.24) is 0 Å². The molecule has 0 amide bonds. The molecule has 0 aliphatic rings. The second-order valence-electron chi connectivity index (χ2n) is 5.44. The summed E-state index contributed by atoms with van der Waals surface area (Å²) < 4.78 is 0. The van der Waals surface area contributed by atoms with Crippen molar-refractivity contribution in [2.24, 2.45) is 0 Å². The first kappa shape index (κ1) is 15.1. The molecule has 0 radical (unpaired) electrons. The SMILES string of the molecule is CCNc1ccccc1.c1ccc2cc3ccccc3cc2c1. The summed E-state index contributed by atoms with van der Waals surface area (Å²) in [5.41, 5.74) is 1.19. The number of nitrogens with one attached hydrogen (secondary N) is 1. The molecular weight excluding hydrogens is 278 g/mol. The monoisotopic (exact) mass is 299 g/mol. The van der Waals surface area contributed by atoms with E-state index in [0.29, 0.717) is 0 Å². The highest BCUT2D eigenvalue weighted by atomic mass is 14.8. The summed E-state index contributed by atoms with van der Waals surface area (Å²) >= 11 is 0. The molecule has 0 aromatic heterocycles. The molecule has 1 nitrogen and oxygen atoms in total. The summed E-state index contributed by atoms with van der Waals surface area (Å²) in [7, 11) is 0. The maximum absolute atomic E-state index is 3.21. The molecule has 0 saturated heterocycles. The third-order valence-electron chi connectivity index (χ3n) is 3.77. The van der Waals surface area contributed by atoms with Gasteiger partial charge in [-0.2, -0.15) is 0 Å². The van der Waals surface area contributed by atoms with Gasteiger partial charge < -0.3 is 5.32 Å². The lowest BCUT2D eigenvalue weighted by molar-refractivity contribution is 1.21. The summed E-state index contributed by atoms with van der Waals surface area (Å²) in [4.78, 5) is 0. The van der Waals surface area contributed by atoms with E-state index in [9.17, 15) is 0 Å². The molecule has 1 heteroatoms. The Morgan fingerprint density at radius 2 is 0.957 bits per heavy atom. The van der Waals surface area contributed by atoms with Gasteiger partial charge in [0.25, 0.3) is 0 Å². The number of benzene rings is 4. The van der Waals surface area contributed by atoms with E-state index in [2.05, 4.69) is 85.0 Å². The van der Waals surface area contributed by atoms with Gasteiger partial charge in [0.15, 0.2) is 0 Å². The summed E-state index contributed by atoms with van der Waals surface area (Å²) in [5, 5.41) is 8.45. The number of para-hydroxylation sites is 1. The Morgan fingerprint density at radius 3 is 1.35 bits per heavy atom. The van der Waals surface area contributed by atoms with Crippen LogP contribution in [0.1, 0.15) is 6.92 Å². The quantitative estimate of drug-likeness (QED) is 0.440. The second-order valence-corrected chi connectivity index (χ2v) is 5.44. The largest absolute Gasteiger partial charge is 0.385 e. The van der Waals surface area contributed by atoms with Gasteiger partial charge in [0.05, 0.1) is 0 Å². The Bertz CT molecular complexity index is 776. The van der Waals surface area contributed by atoms with Crippen LogP contribution in [0.25, 0.3) is 21.5 Å². The van der Waals surface area contributed by atoms with Gasteiger partial charge in [0.1, 0.15) is 0 Å². The summed E-state index contributed by atoms with van der Waals surface area (Å²) in [6.45, 7) is 3.08. The molecule has 0 spiro atoms. The first-order valence-electron chi connectivity index (χ1n) is 8.03. The molecule has 0 heterocycles. The zero-order valence-corrected chi connectivity index (χ0v) is 13.4. The predicted octanol–water partition coefficient (Wildman–Crippen LogP) is 6.11. The van der Waals surface area contributed by atoms with Crippen LogP contribution >= 0.6 is 0 Å². The summed E-state index contributed by atoms with van der Waals surface area (Å²) in [6, 6.07) is 31.6. The van der Waals surface area contributed by atoms with Gasteiger partial charge in [-0.25, -0.2) is 0 Å². The van der Waals surface area contributed by atoms with E-state index in [-0.39, 0.29) is 0 Å². The van der Waals surface area contributed by atoms with E-state index in [0.717, 1.165) is 6.54 Å². The number of hydrogen-bond donors (Lipinski definition) is 1. The first-order valence-corrected chi connectivity index (χ1v) is 8.03. The zero-order valence-electron chi connectivity index (χ0n) is 13.4. The number of hydrogen-bond acceptors (Lipinski definition) is 1. The lowest BCUT2D eigenvalue weighted by Gasteiger charge is -2.00. The smallest absolute Gasteiger partial charge is 0.0340 e. The highest BCUT2D eigenvalue weighted by molar-refractivity contribution is 5.98. The van der Waals surface area contributed by atoms with Crippen LogP contribution in [0.2, 0.25) is 0 Å². The fourth-order valence-electron chi connectivity index (χ4n) is 2.64. The van der Waals surface area contributed by atoms with Crippen molar-refractivity contribution in [3.63, 3.8) is 0 Å². The van der Waals surface area contributed by atoms with E-state index < -0.39 is 0 Å². The van der Waals surface area contributed by atoms with Crippen molar-refractivity contribution in [1.29, 1.82) is 0 Å². The zero-order chi connectivity index (χ0) is 15.9. The summed E-state index contributed by atoms with van der Waals surface area (Å²) in [5.74, 6) is 0. The van der Waals surface area contributed by atoms with Crippen molar-refractivity contribution in [2.45, 2.75) is 6.92 Å². The van der Waals surface area contributed by atoms with E-state index >= 15 is 0 Å². The lowest BCUT2D eigenvalue weighted by atomic mass is 10.0. The van der Waals surface area contributed by atoms with Crippen LogP contribution in [0.5, 0.6) is 0 Å². The van der Waals surface area contributed by atoms with Gasteiger partial charge >= 0.3 is 0 Å². The van der Waals surface area contributed by atoms with Crippen LogP contribution in [-0.2, 0) is 0 Å². The van der Waals surface area contributed by atoms with Crippen molar-refractivity contribution in [3.8, 4) is 0 Å². The topological polar surface area (TPSA) is 12.0 Å². The number of rotatable bonds is 2. The highest BCUT2D eigenvalue weighted by Gasteiger charge is 1.95. The third kappa shape index (κ3) is 3.89. The Kier molecular flexibility index (Phi) is 4.90. The molecule has 114 valence electrons. The standard InChI is InChI=1S/C14H10.C8H11N/c1-2-6-12-10-14-8-4-3-7-13(14)9-11(12)5-1;1-2-9-8-6-4-3-5-7-8/h1-10H;3-7,9H,2H2,1H3. The Balaban J connectivity index is 0.000000151. The lowest BCUT2D eigenvalue weighted by Crippen LogP contribution is -1.94. The molecule has 0 atom stereocenters. The van der Waals surface area contributed by atoms with Gasteiger partial charge in [0.2, 0.25) is 0 Å². The van der Waals surface area contributed by atoms with Crippen molar-refractivity contribution in [2.75, 3.05) is 11.9 Å². The molecule has 4 aromatic carbocycles. The molecule has 4 aromatic rings. The maximum Gasteiger partial charge on any atom is 0.0340 e. The van der Waals surface area contributed by atoms with E-state index in [1.165, 1.54) is 27.2 Å². The average Bonchev–Trinajstić information content (AvgIpc) is 2.62. The van der Waals surface area contributed by atoms with Gasteiger partial charge in [0, 0.05) is 12.2 Å². The minimum Gasteiger partial charge on any atom is -0.385 e. The van der Waals surface area contributed by atoms with Crippen LogP contribution < -0.4 is 5.32 Å². The molecule has 4 rings (SSSR count). The Labute approximate surface area is 137 Å². The molecular formula is C22H21N. The first-order chi connectivity index (χ1) is 11.4. The highest BCUT2D eigenvalue weighted by Crippen LogP contribution is 2.22. The van der Waals surface area contributed by atoms with E-state index in [1.54, 1.807) is 0 Å². The molecule has 0 fully saturated rings. The molecule has 0 bridgehead atoms. The van der Waals surface area contributed by atoms with Crippen LogP contribution in [-0.4, -0.2) is 6.54 Å². The van der Waals surface area contributed by atoms with Gasteiger partial charge in [-0.05, 0) is 52.7 Å². The average molecular weight is 299 g/mol. The van der Waals surface area contributed by atoms with Crippen molar-refractivity contribution >= 4 is 27.2 Å². The minimum atomic E-state index is 0.990. The minimum absolute atomic E-state index is 0.990. The second kappa shape index (κ2) is 7.46. The molecule has 0 aliphatic carbocycles. The Morgan fingerprint density at radius 1 is 0.565 bits per heavy atom. The fraction of sp³-hybridized carbons (Fsp3) is 0.0909.